The molecule has 27 heavy (non-hydrogen) atoms. The third-order valence-corrected chi connectivity index (χ3v) is 3.70. The van der Waals surface area contributed by atoms with Crippen LogP contribution in [0.1, 0.15) is 11.4 Å². The second-order valence-corrected chi connectivity index (χ2v) is 5.82. The monoisotopic (exact) mass is 379 g/mol. The van der Waals surface area contributed by atoms with E-state index in [9.17, 15) is 27.2 Å². The Labute approximate surface area is 150 Å². The molecule has 1 N–H and O–H groups in total. The molecular weight excluding hydrogens is 366 g/mol. The van der Waals surface area contributed by atoms with Gasteiger partial charge in [-0.05, 0) is 17.7 Å². The number of rotatable bonds is 4. The summed E-state index contributed by atoms with van der Waals surface area (Å²) in [5, 5.41) is -0.109. The number of hydrogen-bond donors (Lipinski definition) is 1. The smallest absolute Gasteiger partial charge is 0.273 e. The average Bonchev–Trinajstić information content (AvgIpc) is 2.57. The van der Waals surface area contributed by atoms with E-state index < -0.39 is 35.7 Å². The van der Waals surface area contributed by atoms with Gasteiger partial charge in [-0.1, -0.05) is 30.3 Å². The highest BCUT2D eigenvalue weighted by molar-refractivity contribution is 5.86. The number of carbonyl (C=O) groups excluding carboxylic acids is 1. The molecule has 140 valence electrons. The topological polar surface area (TPSA) is 64.0 Å². The van der Waals surface area contributed by atoms with Crippen molar-refractivity contribution in [1.29, 1.82) is 0 Å². The van der Waals surface area contributed by atoms with Crippen LogP contribution in [0.2, 0.25) is 0 Å². The van der Waals surface area contributed by atoms with E-state index >= 15 is 0 Å². The number of nitrogens with zero attached hydrogens (tertiary/aromatic N) is 2. The summed E-state index contributed by atoms with van der Waals surface area (Å²) in [5.74, 6) is -2.15. The summed E-state index contributed by atoms with van der Waals surface area (Å²) in [6.07, 6.45) is -6.37. The molecule has 1 amide bonds. The van der Waals surface area contributed by atoms with Gasteiger partial charge >= 0.3 is 6.18 Å². The number of nitrogens with one attached hydrogen (secondary N) is 1. The summed E-state index contributed by atoms with van der Waals surface area (Å²) in [7, 11) is 0. The lowest BCUT2D eigenvalue weighted by molar-refractivity contribution is -0.129. The third kappa shape index (κ3) is 4.49. The van der Waals surface area contributed by atoms with Crippen LogP contribution in [0.4, 0.5) is 17.6 Å². The molecule has 9 heteroatoms. The van der Waals surface area contributed by atoms with Crippen LogP contribution in [-0.4, -0.2) is 21.7 Å². The van der Waals surface area contributed by atoms with Gasteiger partial charge in [0.25, 0.3) is 5.56 Å². The van der Waals surface area contributed by atoms with Crippen molar-refractivity contribution in [2.75, 3.05) is 5.43 Å². The average molecular weight is 379 g/mol. The molecule has 0 fully saturated rings. The van der Waals surface area contributed by atoms with Crippen molar-refractivity contribution in [2.45, 2.75) is 19.0 Å². The van der Waals surface area contributed by atoms with E-state index in [1.807, 2.05) is 0 Å². The van der Waals surface area contributed by atoms with Gasteiger partial charge in [-0.15, -0.1) is 0 Å². The number of aromatic nitrogens is 2. The maximum atomic E-state index is 13.4. The molecule has 0 atom stereocenters. The number of fused-ring (bicyclic) bond motifs is 1. The van der Waals surface area contributed by atoms with E-state index in [1.54, 1.807) is 30.3 Å². The van der Waals surface area contributed by atoms with Crippen LogP contribution in [0.25, 0.3) is 10.9 Å². The molecule has 0 saturated carbocycles. The van der Waals surface area contributed by atoms with Gasteiger partial charge < -0.3 is 0 Å². The lowest BCUT2D eigenvalue weighted by Gasteiger charge is -2.15. The standard InChI is InChI=1S/C18H13F4N3O2/c19-12-6-7-13-14(9-12)23-15(10-18(20,21)22)25(17(13)27)24-16(26)8-11-4-2-1-3-5-11/h1-7,9H,8,10H2,(H,24,26). The van der Waals surface area contributed by atoms with Gasteiger partial charge in [-0.2, -0.15) is 13.2 Å². The number of amides is 1. The maximum Gasteiger partial charge on any atom is 0.396 e. The van der Waals surface area contributed by atoms with Gasteiger partial charge in [-0.25, -0.2) is 14.1 Å². The quantitative estimate of drug-likeness (QED) is 0.709. The molecule has 0 spiro atoms. The van der Waals surface area contributed by atoms with Crippen LogP contribution in [-0.2, 0) is 17.6 Å². The fourth-order valence-electron chi connectivity index (χ4n) is 2.56. The summed E-state index contributed by atoms with van der Waals surface area (Å²) in [5.41, 5.74) is 1.66. The molecule has 0 bridgehead atoms. The zero-order chi connectivity index (χ0) is 19.6. The van der Waals surface area contributed by atoms with Gasteiger partial charge in [0.2, 0.25) is 5.91 Å². The number of benzene rings is 2. The lowest BCUT2D eigenvalue weighted by atomic mass is 10.1. The van der Waals surface area contributed by atoms with Crippen LogP contribution < -0.4 is 11.0 Å². The lowest BCUT2D eigenvalue weighted by Crippen LogP contribution is -2.38. The highest BCUT2D eigenvalue weighted by Crippen LogP contribution is 2.21. The normalized spacial score (nSPS) is 11.6. The van der Waals surface area contributed by atoms with Gasteiger partial charge in [0.05, 0.1) is 17.3 Å². The Morgan fingerprint density at radius 3 is 2.48 bits per heavy atom. The fourth-order valence-corrected chi connectivity index (χ4v) is 2.56. The van der Waals surface area contributed by atoms with Crippen molar-refractivity contribution >= 4 is 16.8 Å². The number of alkyl halides is 3. The van der Waals surface area contributed by atoms with E-state index in [0.29, 0.717) is 10.2 Å². The largest absolute Gasteiger partial charge is 0.396 e. The molecule has 0 aliphatic carbocycles. The zero-order valence-corrected chi connectivity index (χ0v) is 13.8. The predicted molar refractivity (Wildman–Crippen MR) is 90.2 cm³/mol. The molecule has 1 aromatic heterocycles. The summed E-state index contributed by atoms with van der Waals surface area (Å²) < 4.78 is 52.4. The van der Waals surface area contributed by atoms with Gasteiger partial charge in [0.1, 0.15) is 18.1 Å². The molecule has 0 aliphatic heterocycles. The summed E-state index contributed by atoms with van der Waals surface area (Å²) in [6.45, 7) is 0. The van der Waals surface area contributed by atoms with E-state index in [2.05, 4.69) is 10.4 Å². The molecule has 3 aromatic rings. The van der Waals surface area contributed by atoms with Crippen LogP contribution in [0.5, 0.6) is 0 Å². The first-order chi connectivity index (χ1) is 12.7. The molecule has 5 nitrogen and oxygen atoms in total. The van der Waals surface area contributed by atoms with Crippen LogP contribution in [0.15, 0.2) is 53.3 Å². The second-order valence-electron chi connectivity index (χ2n) is 5.82. The Bertz CT molecular complexity index is 1050. The Hall–Kier alpha value is -3.23. The highest BCUT2D eigenvalue weighted by Gasteiger charge is 2.31. The Morgan fingerprint density at radius 1 is 1.11 bits per heavy atom. The first-order valence-electron chi connectivity index (χ1n) is 7.85. The first-order valence-corrected chi connectivity index (χ1v) is 7.85. The summed E-state index contributed by atoms with van der Waals surface area (Å²) in [4.78, 5) is 28.5. The Kier molecular flexibility index (Phi) is 4.93. The predicted octanol–water partition coefficient (Wildman–Crippen LogP) is 2.95. The number of halogens is 4. The minimum absolute atomic E-state index is 0.109. The molecule has 1 heterocycles. The van der Waals surface area contributed by atoms with Crippen molar-refractivity contribution in [2.24, 2.45) is 0 Å². The summed E-state index contributed by atoms with van der Waals surface area (Å²) >= 11 is 0. The zero-order valence-electron chi connectivity index (χ0n) is 13.8. The number of carbonyl (C=O) groups is 1. The van der Waals surface area contributed by atoms with Crippen molar-refractivity contribution < 1.29 is 22.4 Å². The van der Waals surface area contributed by atoms with Gasteiger partial charge in [0.15, 0.2) is 0 Å². The van der Waals surface area contributed by atoms with E-state index in [-0.39, 0.29) is 17.3 Å². The molecule has 0 radical (unpaired) electrons. The maximum absolute atomic E-state index is 13.4. The van der Waals surface area contributed by atoms with Crippen molar-refractivity contribution in [3.05, 3.63) is 76.1 Å². The Balaban J connectivity index is 2.02. The number of hydrogen-bond acceptors (Lipinski definition) is 3. The van der Waals surface area contributed by atoms with Crippen LogP contribution in [0.3, 0.4) is 0 Å². The molecule has 0 unspecified atom stereocenters. The van der Waals surface area contributed by atoms with Crippen LogP contribution in [0, 0.1) is 5.82 Å². The molecular formula is C18H13F4N3O2. The minimum Gasteiger partial charge on any atom is -0.273 e. The molecule has 0 aliphatic rings. The van der Waals surface area contributed by atoms with E-state index in [0.717, 1.165) is 18.2 Å². The minimum atomic E-state index is -4.67. The van der Waals surface area contributed by atoms with Gasteiger partial charge in [-0.3, -0.25) is 15.0 Å². The molecule has 0 saturated heterocycles. The Morgan fingerprint density at radius 2 is 1.81 bits per heavy atom. The molecule has 2 aromatic carbocycles. The SMILES string of the molecule is O=C(Cc1ccccc1)Nn1c(CC(F)(F)F)nc2cc(F)ccc2c1=O. The fraction of sp³-hybridized carbons (Fsp3) is 0.167. The van der Waals surface area contributed by atoms with Gasteiger partial charge in [0, 0.05) is 6.07 Å². The highest BCUT2D eigenvalue weighted by atomic mass is 19.4. The van der Waals surface area contributed by atoms with Crippen LogP contribution >= 0.6 is 0 Å². The van der Waals surface area contributed by atoms with Crippen molar-refractivity contribution in [1.82, 2.24) is 9.66 Å². The van der Waals surface area contributed by atoms with Crippen molar-refractivity contribution in [3.8, 4) is 0 Å². The first kappa shape index (κ1) is 18.6. The second kappa shape index (κ2) is 7.18. The van der Waals surface area contributed by atoms with E-state index in [4.69, 9.17) is 0 Å². The van der Waals surface area contributed by atoms with E-state index in [1.165, 1.54) is 0 Å². The summed E-state index contributed by atoms with van der Waals surface area (Å²) in [6, 6.07) is 11.5. The third-order valence-electron chi connectivity index (χ3n) is 3.70. The molecule has 3 rings (SSSR count). The van der Waals surface area contributed by atoms with Crippen molar-refractivity contribution in [3.63, 3.8) is 0 Å².